The van der Waals surface area contributed by atoms with Gasteiger partial charge in [0.1, 0.15) is 12.4 Å². The van der Waals surface area contributed by atoms with Crippen molar-refractivity contribution in [3.8, 4) is 0 Å². The van der Waals surface area contributed by atoms with Crippen LogP contribution in [0.2, 0.25) is 0 Å². The van der Waals surface area contributed by atoms with E-state index in [4.69, 9.17) is 9.57 Å². The second kappa shape index (κ2) is 6.74. The lowest BCUT2D eigenvalue weighted by atomic mass is 10.1. The Bertz CT molecular complexity index is 253. The summed E-state index contributed by atoms with van der Waals surface area (Å²) in [6, 6.07) is 0. The summed E-state index contributed by atoms with van der Waals surface area (Å²) in [5.74, 6) is 0.766. The van der Waals surface area contributed by atoms with Crippen LogP contribution in [0.5, 0.6) is 0 Å². The van der Waals surface area contributed by atoms with Crippen LogP contribution in [0.4, 0.5) is 0 Å². The van der Waals surface area contributed by atoms with E-state index >= 15 is 0 Å². The maximum atomic E-state index is 9.64. The van der Waals surface area contributed by atoms with Crippen molar-refractivity contribution in [1.82, 2.24) is 0 Å². The van der Waals surface area contributed by atoms with Gasteiger partial charge in [-0.25, -0.2) is 0 Å². The van der Waals surface area contributed by atoms with E-state index in [1.807, 2.05) is 6.92 Å². The summed E-state index contributed by atoms with van der Waals surface area (Å²) < 4.78 is 5.44. The molecule has 0 aromatic carbocycles. The second-order valence-electron chi connectivity index (χ2n) is 3.12. The molecular formula is C10H17NO3S. The SMILES string of the molecule is CCCC(=NOCC)C1OCSC=C1O. The summed E-state index contributed by atoms with van der Waals surface area (Å²) in [6.45, 7) is 4.46. The smallest absolute Gasteiger partial charge is 0.157 e. The fraction of sp³-hybridized carbons (Fsp3) is 0.700. The van der Waals surface area contributed by atoms with Gasteiger partial charge < -0.3 is 14.7 Å². The normalized spacial score (nSPS) is 22.4. The number of oxime groups is 1. The molecule has 0 aromatic rings. The van der Waals surface area contributed by atoms with Crippen molar-refractivity contribution in [2.45, 2.75) is 32.8 Å². The Morgan fingerprint density at radius 1 is 1.73 bits per heavy atom. The minimum absolute atomic E-state index is 0.221. The number of hydrogen-bond donors (Lipinski definition) is 1. The number of ether oxygens (including phenoxy) is 1. The van der Waals surface area contributed by atoms with E-state index in [0.29, 0.717) is 12.5 Å². The Balaban J connectivity index is 2.69. The molecule has 0 fully saturated rings. The molecule has 0 bridgehead atoms. The zero-order valence-electron chi connectivity index (χ0n) is 9.10. The van der Waals surface area contributed by atoms with Crippen LogP contribution in [-0.4, -0.2) is 29.5 Å². The van der Waals surface area contributed by atoms with Gasteiger partial charge in [0.15, 0.2) is 6.10 Å². The maximum absolute atomic E-state index is 9.64. The van der Waals surface area contributed by atoms with Gasteiger partial charge in [-0.2, -0.15) is 0 Å². The Kier molecular flexibility index (Phi) is 5.57. The highest BCUT2D eigenvalue weighted by Gasteiger charge is 2.24. The first-order valence-corrected chi connectivity index (χ1v) is 6.15. The molecular weight excluding hydrogens is 214 g/mol. The second-order valence-corrected chi connectivity index (χ2v) is 3.93. The Labute approximate surface area is 94.3 Å². The van der Waals surface area contributed by atoms with Gasteiger partial charge in [0.2, 0.25) is 0 Å². The van der Waals surface area contributed by atoms with Crippen molar-refractivity contribution in [1.29, 1.82) is 0 Å². The van der Waals surface area contributed by atoms with Crippen molar-refractivity contribution in [3.63, 3.8) is 0 Å². The van der Waals surface area contributed by atoms with Crippen LogP contribution in [0.25, 0.3) is 0 Å². The third kappa shape index (κ3) is 3.76. The average molecular weight is 231 g/mol. The molecule has 1 aliphatic rings. The van der Waals surface area contributed by atoms with Crippen LogP contribution in [0.1, 0.15) is 26.7 Å². The van der Waals surface area contributed by atoms with Crippen LogP contribution in [0, 0.1) is 0 Å². The van der Waals surface area contributed by atoms with Crippen molar-refractivity contribution >= 4 is 17.5 Å². The van der Waals surface area contributed by atoms with Gasteiger partial charge in [-0.3, -0.25) is 0 Å². The molecule has 1 unspecified atom stereocenters. The summed E-state index contributed by atoms with van der Waals surface area (Å²) in [5.41, 5.74) is 0.758. The summed E-state index contributed by atoms with van der Waals surface area (Å²) in [6.07, 6.45) is 1.30. The van der Waals surface area contributed by atoms with E-state index < -0.39 is 6.10 Å². The van der Waals surface area contributed by atoms with Crippen molar-refractivity contribution in [2.24, 2.45) is 5.16 Å². The van der Waals surface area contributed by atoms with E-state index in [1.165, 1.54) is 11.8 Å². The van der Waals surface area contributed by atoms with Gasteiger partial charge in [-0.15, -0.1) is 11.8 Å². The number of thioether (sulfide) groups is 1. The molecule has 1 atom stereocenters. The topological polar surface area (TPSA) is 51.0 Å². The standard InChI is InChI=1S/C10H17NO3S/c1-3-5-8(11-14-4-2)10-9(12)6-15-7-13-10/h6,10,12H,3-5,7H2,1-2H3. The third-order valence-corrected chi connectivity index (χ3v) is 2.58. The first kappa shape index (κ1) is 12.4. The van der Waals surface area contributed by atoms with E-state index in [-0.39, 0.29) is 5.76 Å². The predicted molar refractivity (Wildman–Crippen MR) is 62.0 cm³/mol. The number of hydrogen-bond acceptors (Lipinski definition) is 5. The molecule has 0 saturated heterocycles. The predicted octanol–water partition coefficient (Wildman–Crippen LogP) is 2.67. The molecule has 86 valence electrons. The van der Waals surface area contributed by atoms with E-state index in [9.17, 15) is 5.11 Å². The average Bonchev–Trinajstić information content (AvgIpc) is 2.25. The zero-order valence-corrected chi connectivity index (χ0v) is 9.92. The minimum Gasteiger partial charge on any atom is -0.509 e. The van der Waals surface area contributed by atoms with Crippen LogP contribution in [0.3, 0.4) is 0 Å². The minimum atomic E-state index is -0.419. The number of aliphatic hydroxyl groups is 1. The number of aliphatic hydroxyl groups excluding tert-OH is 1. The monoisotopic (exact) mass is 231 g/mol. The van der Waals surface area contributed by atoms with Crippen molar-refractivity contribution in [3.05, 3.63) is 11.2 Å². The lowest BCUT2D eigenvalue weighted by Gasteiger charge is -2.21. The number of nitrogens with zero attached hydrogens (tertiary/aromatic N) is 1. The lowest BCUT2D eigenvalue weighted by Crippen LogP contribution is -2.28. The van der Waals surface area contributed by atoms with Crippen molar-refractivity contribution in [2.75, 3.05) is 12.5 Å². The summed E-state index contributed by atoms with van der Waals surface area (Å²) in [4.78, 5) is 5.01. The Morgan fingerprint density at radius 2 is 2.53 bits per heavy atom. The van der Waals surface area contributed by atoms with Gasteiger partial charge >= 0.3 is 0 Å². The third-order valence-electron chi connectivity index (χ3n) is 1.90. The molecule has 1 heterocycles. The van der Waals surface area contributed by atoms with Crippen LogP contribution in [0.15, 0.2) is 16.3 Å². The Hall–Kier alpha value is -0.680. The van der Waals surface area contributed by atoms with Crippen molar-refractivity contribution < 1.29 is 14.7 Å². The first-order valence-electron chi connectivity index (χ1n) is 5.10. The van der Waals surface area contributed by atoms with Crippen LogP contribution in [-0.2, 0) is 9.57 Å². The van der Waals surface area contributed by atoms with E-state index in [1.54, 1.807) is 5.41 Å². The highest BCUT2D eigenvalue weighted by molar-refractivity contribution is 8.02. The van der Waals surface area contributed by atoms with Gasteiger partial charge in [-0.1, -0.05) is 18.5 Å². The molecule has 15 heavy (non-hydrogen) atoms. The number of rotatable bonds is 5. The molecule has 0 aliphatic carbocycles. The summed E-state index contributed by atoms with van der Waals surface area (Å²) in [7, 11) is 0. The molecule has 1 rings (SSSR count). The summed E-state index contributed by atoms with van der Waals surface area (Å²) >= 11 is 1.44. The van der Waals surface area contributed by atoms with Gasteiger partial charge in [0, 0.05) is 5.41 Å². The highest BCUT2D eigenvalue weighted by atomic mass is 32.2. The van der Waals surface area contributed by atoms with E-state index in [2.05, 4.69) is 12.1 Å². The molecule has 0 spiro atoms. The molecule has 1 aliphatic heterocycles. The fourth-order valence-corrected chi connectivity index (χ4v) is 1.85. The van der Waals surface area contributed by atoms with Gasteiger partial charge in [-0.05, 0) is 13.3 Å². The quantitative estimate of drug-likeness (QED) is 0.584. The lowest BCUT2D eigenvalue weighted by molar-refractivity contribution is 0.111. The largest absolute Gasteiger partial charge is 0.509 e. The zero-order chi connectivity index (χ0) is 11.1. The van der Waals surface area contributed by atoms with Crippen LogP contribution < -0.4 is 0 Å². The molecule has 1 N–H and O–H groups in total. The van der Waals surface area contributed by atoms with E-state index in [0.717, 1.165) is 18.6 Å². The highest BCUT2D eigenvalue weighted by Crippen LogP contribution is 2.21. The molecule has 4 nitrogen and oxygen atoms in total. The fourth-order valence-electron chi connectivity index (χ4n) is 1.27. The molecule has 5 heteroatoms. The Morgan fingerprint density at radius 3 is 3.13 bits per heavy atom. The van der Waals surface area contributed by atoms with Gasteiger partial charge in [0.05, 0.1) is 11.7 Å². The molecule has 0 aromatic heterocycles. The summed E-state index contributed by atoms with van der Waals surface area (Å²) in [5, 5.41) is 15.3. The maximum Gasteiger partial charge on any atom is 0.157 e. The molecule has 0 amide bonds. The van der Waals surface area contributed by atoms with Crippen LogP contribution >= 0.6 is 11.8 Å². The molecule has 0 radical (unpaired) electrons. The van der Waals surface area contributed by atoms with Gasteiger partial charge in [0.25, 0.3) is 0 Å². The first-order chi connectivity index (χ1) is 7.29. The molecule has 0 saturated carbocycles.